The summed E-state index contributed by atoms with van der Waals surface area (Å²) < 4.78 is 4.75. The number of methoxy groups -OCH3 is 1. The average Bonchev–Trinajstić information content (AvgIpc) is 2.46. The Morgan fingerprint density at radius 2 is 2.20 bits per heavy atom. The summed E-state index contributed by atoms with van der Waals surface area (Å²) in [5.41, 5.74) is 1.86. The Morgan fingerprint density at radius 3 is 2.90 bits per heavy atom. The van der Waals surface area contributed by atoms with E-state index in [1.807, 2.05) is 31.2 Å². The SMILES string of the molecule is COC(=O)[C@H]1CCCN(C(=O)Nc2cccc(C)c2)C1. The number of carbonyl (C=O) groups excluding carboxylic acids is 2. The molecule has 0 aliphatic carbocycles. The maximum atomic E-state index is 12.2. The lowest BCUT2D eigenvalue weighted by atomic mass is 9.98. The van der Waals surface area contributed by atoms with E-state index >= 15 is 0 Å². The number of piperidine rings is 1. The number of rotatable bonds is 2. The number of hydrogen-bond donors (Lipinski definition) is 1. The van der Waals surface area contributed by atoms with Crippen LogP contribution in [0.2, 0.25) is 0 Å². The number of anilines is 1. The Bertz CT molecular complexity index is 502. The number of esters is 1. The van der Waals surface area contributed by atoms with Crippen molar-refractivity contribution in [1.82, 2.24) is 4.90 Å². The number of amides is 2. The van der Waals surface area contributed by atoms with Crippen molar-refractivity contribution in [3.63, 3.8) is 0 Å². The first-order valence-electron chi connectivity index (χ1n) is 6.80. The molecule has 2 amide bonds. The van der Waals surface area contributed by atoms with Crippen molar-refractivity contribution >= 4 is 17.7 Å². The second-order valence-electron chi connectivity index (χ2n) is 5.11. The van der Waals surface area contributed by atoms with Gasteiger partial charge in [0.05, 0.1) is 13.0 Å². The molecular formula is C15H20N2O3. The third kappa shape index (κ3) is 3.50. The topological polar surface area (TPSA) is 58.6 Å². The van der Waals surface area contributed by atoms with Crippen molar-refractivity contribution < 1.29 is 14.3 Å². The maximum Gasteiger partial charge on any atom is 0.321 e. The van der Waals surface area contributed by atoms with Crippen LogP contribution >= 0.6 is 0 Å². The summed E-state index contributed by atoms with van der Waals surface area (Å²) in [7, 11) is 1.38. The minimum absolute atomic E-state index is 0.163. The number of benzene rings is 1. The molecular weight excluding hydrogens is 256 g/mol. The molecule has 0 saturated carbocycles. The lowest BCUT2D eigenvalue weighted by molar-refractivity contribution is -0.146. The van der Waals surface area contributed by atoms with E-state index in [4.69, 9.17) is 4.74 Å². The van der Waals surface area contributed by atoms with Gasteiger partial charge >= 0.3 is 12.0 Å². The molecule has 108 valence electrons. The monoisotopic (exact) mass is 276 g/mol. The van der Waals surface area contributed by atoms with E-state index in [1.165, 1.54) is 7.11 Å². The Hall–Kier alpha value is -2.04. The van der Waals surface area contributed by atoms with Crippen LogP contribution in [0.1, 0.15) is 18.4 Å². The summed E-state index contributed by atoms with van der Waals surface area (Å²) in [4.78, 5) is 25.4. The van der Waals surface area contributed by atoms with Crippen LogP contribution in [-0.4, -0.2) is 37.1 Å². The highest BCUT2D eigenvalue weighted by Crippen LogP contribution is 2.19. The van der Waals surface area contributed by atoms with Crippen LogP contribution in [-0.2, 0) is 9.53 Å². The molecule has 20 heavy (non-hydrogen) atoms. The summed E-state index contributed by atoms with van der Waals surface area (Å²) in [6, 6.07) is 7.48. The quantitative estimate of drug-likeness (QED) is 0.844. The molecule has 1 aliphatic rings. The summed E-state index contributed by atoms with van der Waals surface area (Å²) in [5.74, 6) is -0.449. The zero-order chi connectivity index (χ0) is 14.5. The molecule has 1 fully saturated rings. The molecule has 1 heterocycles. The number of nitrogens with one attached hydrogen (secondary N) is 1. The molecule has 1 N–H and O–H groups in total. The van der Waals surface area contributed by atoms with Crippen LogP contribution in [0.15, 0.2) is 24.3 Å². The number of nitrogens with zero attached hydrogens (tertiary/aromatic N) is 1. The van der Waals surface area contributed by atoms with Gasteiger partial charge in [0.15, 0.2) is 0 Å². The average molecular weight is 276 g/mol. The molecule has 5 heteroatoms. The number of aryl methyl sites for hydroxylation is 1. The largest absolute Gasteiger partial charge is 0.469 e. The molecule has 1 atom stereocenters. The zero-order valence-electron chi connectivity index (χ0n) is 11.9. The van der Waals surface area contributed by atoms with Crippen LogP contribution in [0, 0.1) is 12.8 Å². The van der Waals surface area contributed by atoms with Gasteiger partial charge in [-0.05, 0) is 37.5 Å². The van der Waals surface area contributed by atoms with Crippen molar-refractivity contribution in [3.8, 4) is 0 Å². The molecule has 1 aromatic rings. The summed E-state index contributed by atoms with van der Waals surface area (Å²) in [5, 5.41) is 2.86. The number of urea groups is 1. The predicted molar refractivity (Wildman–Crippen MR) is 76.5 cm³/mol. The summed E-state index contributed by atoms with van der Waals surface area (Å²) in [6.07, 6.45) is 1.60. The van der Waals surface area contributed by atoms with E-state index in [1.54, 1.807) is 4.90 Å². The number of ether oxygens (including phenoxy) is 1. The van der Waals surface area contributed by atoms with Crippen LogP contribution in [0.3, 0.4) is 0 Å². The minimum Gasteiger partial charge on any atom is -0.469 e. The molecule has 2 rings (SSSR count). The highest BCUT2D eigenvalue weighted by molar-refractivity contribution is 5.89. The van der Waals surface area contributed by atoms with Crippen molar-refractivity contribution in [2.75, 3.05) is 25.5 Å². The predicted octanol–water partition coefficient (Wildman–Crippen LogP) is 2.41. The highest BCUT2D eigenvalue weighted by atomic mass is 16.5. The van der Waals surface area contributed by atoms with Crippen LogP contribution in [0.25, 0.3) is 0 Å². The van der Waals surface area contributed by atoms with Gasteiger partial charge in [-0.15, -0.1) is 0 Å². The lowest BCUT2D eigenvalue weighted by Crippen LogP contribution is -2.44. The van der Waals surface area contributed by atoms with Crippen LogP contribution in [0.5, 0.6) is 0 Å². The van der Waals surface area contributed by atoms with E-state index < -0.39 is 0 Å². The smallest absolute Gasteiger partial charge is 0.321 e. The van der Waals surface area contributed by atoms with Gasteiger partial charge in [-0.3, -0.25) is 4.79 Å². The van der Waals surface area contributed by atoms with E-state index in [9.17, 15) is 9.59 Å². The number of likely N-dealkylation sites (tertiary alicyclic amines) is 1. The summed E-state index contributed by atoms with van der Waals surface area (Å²) >= 11 is 0. The van der Waals surface area contributed by atoms with E-state index in [2.05, 4.69) is 5.32 Å². The van der Waals surface area contributed by atoms with Crippen LogP contribution < -0.4 is 5.32 Å². The molecule has 1 saturated heterocycles. The molecule has 0 aromatic heterocycles. The first kappa shape index (κ1) is 14.4. The van der Waals surface area contributed by atoms with Crippen molar-refractivity contribution in [2.24, 2.45) is 5.92 Å². The first-order chi connectivity index (χ1) is 9.60. The second-order valence-corrected chi connectivity index (χ2v) is 5.11. The molecule has 0 unspecified atom stereocenters. The Kier molecular flexibility index (Phi) is 4.61. The lowest BCUT2D eigenvalue weighted by Gasteiger charge is -2.31. The fraction of sp³-hybridized carbons (Fsp3) is 0.467. The Labute approximate surface area is 118 Å². The fourth-order valence-electron chi connectivity index (χ4n) is 2.45. The van der Waals surface area contributed by atoms with Gasteiger partial charge in [0, 0.05) is 18.8 Å². The van der Waals surface area contributed by atoms with E-state index in [0.717, 1.165) is 24.1 Å². The summed E-state index contributed by atoms with van der Waals surface area (Å²) in [6.45, 7) is 3.07. The normalized spacial score (nSPS) is 18.5. The standard InChI is InChI=1S/C15H20N2O3/c1-11-5-3-7-13(9-11)16-15(19)17-8-4-6-12(10-17)14(18)20-2/h3,5,7,9,12H,4,6,8,10H2,1-2H3,(H,16,19)/t12-/m0/s1. The third-order valence-corrected chi connectivity index (χ3v) is 3.51. The van der Waals surface area contributed by atoms with Crippen molar-refractivity contribution in [2.45, 2.75) is 19.8 Å². The van der Waals surface area contributed by atoms with Gasteiger partial charge in [0.2, 0.25) is 0 Å². The minimum atomic E-state index is -0.238. The van der Waals surface area contributed by atoms with Gasteiger partial charge in [0.25, 0.3) is 0 Å². The molecule has 1 aromatic carbocycles. The maximum absolute atomic E-state index is 12.2. The Balaban J connectivity index is 1.97. The van der Waals surface area contributed by atoms with Crippen LogP contribution in [0.4, 0.5) is 10.5 Å². The second kappa shape index (κ2) is 6.41. The van der Waals surface area contributed by atoms with Crippen molar-refractivity contribution in [3.05, 3.63) is 29.8 Å². The Morgan fingerprint density at radius 1 is 1.40 bits per heavy atom. The van der Waals surface area contributed by atoms with E-state index in [-0.39, 0.29) is 17.9 Å². The molecule has 5 nitrogen and oxygen atoms in total. The number of carbonyl (C=O) groups is 2. The number of hydrogen-bond acceptors (Lipinski definition) is 3. The first-order valence-corrected chi connectivity index (χ1v) is 6.80. The zero-order valence-corrected chi connectivity index (χ0v) is 11.9. The fourth-order valence-corrected chi connectivity index (χ4v) is 2.45. The van der Waals surface area contributed by atoms with Gasteiger partial charge in [-0.25, -0.2) is 4.79 Å². The highest BCUT2D eigenvalue weighted by Gasteiger charge is 2.28. The van der Waals surface area contributed by atoms with Gasteiger partial charge in [-0.1, -0.05) is 12.1 Å². The molecule has 0 radical (unpaired) electrons. The molecule has 1 aliphatic heterocycles. The molecule has 0 spiro atoms. The van der Waals surface area contributed by atoms with Crippen molar-refractivity contribution in [1.29, 1.82) is 0 Å². The van der Waals surface area contributed by atoms with Gasteiger partial charge in [-0.2, -0.15) is 0 Å². The molecule has 0 bridgehead atoms. The van der Waals surface area contributed by atoms with Gasteiger partial charge < -0.3 is 15.0 Å². The third-order valence-electron chi connectivity index (χ3n) is 3.51. The van der Waals surface area contributed by atoms with E-state index in [0.29, 0.717) is 13.1 Å². The van der Waals surface area contributed by atoms with Gasteiger partial charge in [0.1, 0.15) is 0 Å².